The highest BCUT2D eigenvalue weighted by Gasteiger charge is 2.30. The first-order valence-corrected chi connectivity index (χ1v) is 39.7. The zero-order valence-electron chi connectivity index (χ0n) is 58.8. The quantitative estimate of drug-likeness (QED) is 0.0222. The Kier molecular flexibility index (Phi) is 59.4. The largest absolute Gasteiger partial charge is 0.472 e. The number of esters is 4. The van der Waals surface area contributed by atoms with E-state index in [-0.39, 0.29) is 25.7 Å². The normalized spacial score (nSPS) is 14.6. The first kappa shape index (κ1) is 88.1. The monoisotopic (exact) mass is 1320 g/mol. The molecular formula is C71H138O17P2. The molecular weight excluding hydrogens is 1190 g/mol. The summed E-state index contributed by atoms with van der Waals surface area (Å²) in [6, 6.07) is 0. The molecule has 0 aromatic rings. The molecule has 0 amide bonds. The van der Waals surface area contributed by atoms with Crippen LogP contribution in [-0.4, -0.2) is 96.7 Å². The van der Waals surface area contributed by atoms with Gasteiger partial charge in [-0.2, -0.15) is 0 Å². The third kappa shape index (κ3) is 63.5. The van der Waals surface area contributed by atoms with Gasteiger partial charge in [0.15, 0.2) is 12.2 Å². The molecule has 3 N–H and O–H groups in total. The fraction of sp³-hybridized carbons (Fsp3) is 0.944. The van der Waals surface area contributed by atoms with Gasteiger partial charge in [0.05, 0.1) is 26.4 Å². The highest BCUT2D eigenvalue weighted by molar-refractivity contribution is 7.47. The summed E-state index contributed by atoms with van der Waals surface area (Å²) in [4.78, 5) is 72.5. The van der Waals surface area contributed by atoms with E-state index in [0.29, 0.717) is 37.5 Å². The minimum absolute atomic E-state index is 0.101. The average molecular weight is 1330 g/mol. The van der Waals surface area contributed by atoms with E-state index in [1.165, 1.54) is 148 Å². The summed E-state index contributed by atoms with van der Waals surface area (Å²) in [6.45, 7) is 14.1. The summed E-state index contributed by atoms with van der Waals surface area (Å²) in [6.07, 6.45) is 43.3. The molecule has 19 heteroatoms. The van der Waals surface area contributed by atoms with E-state index in [4.69, 9.17) is 37.0 Å². The maximum Gasteiger partial charge on any atom is 0.472 e. The van der Waals surface area contributed by atoms with Gasteiger partial charge in [-0.15, -0.1) is 0 Å². The molecule has 17 nitrogen and oxygen atoms in total. The summed E-state index contributed by atoms with van der Waals surface area (Å²) in [5, 5.41) is 10.6. The molecule has 0 aromatic carbocycles. The number of ether oxygens (including phenoxy) is 4. The topological polar surface area (TPSA) is 237 Å². The summed E-state index contributed by atoms with van der Waals surface area (Å²) >= 11 is 0. The Morgan fingerprint density at radius 1 is 0.311 bits per heavy atom. The molecule has 6 atom stereocenters. The molecule has 0 aliphatic heterocycles. The number of unbranched alkanes of at least 4 members (excludes halogenated alkanes) is 33. The van der Waals surface area contributed by atoms with Gasteiger partial charge < -0.3 is 33.8 Å². The van der Waals surface area contributed by atoms with Crippen LogP contribution in [0.1, 0.15) is 351 Å². The van der Waals surface area contributed by atoms with Crippen molar-refractivity contribution in [3.8, 4) is 0 Å². The van der Waals surface area contributed by atoms with Crippen molar-refractivity contribution in [1.29, 1.82) is 0 Å². The second-order valence-electron chi connectivity index (χ2n) is 27.3. The molecule has 4 unspecified atom stereocenters. The minimum Gasteiger partial charge on any atom is -0.462 e. The Morgan fingerprint density at radius 2 is 0.533 bits per heavy atom. The van der Waals surface area contributed by atoms with Crippen molar-refractivity contribution in [1.82, 2.24) is 0 Å². The molecule has 0 saturated heterocycles. The second-order valence-corrected chi connectivity index (χ2v) is 30.2. The molecule has 90 heavy (non-hydrogen) atoms. The molecule has 0 heterocycles. The minimum atomic E-state index is -4.95. The van der Waals surface area contributed by atoms with E-state index in [0.717, 1.165) is 108 Å². The van der Waals surface area contributed by atoms with Crippen LogP contribution in [-0.2, 0) is 65.4 Å². The number of hydrogen-bond acceptors (Lipinski definition) is 15. The van der Waals surface area contributed by atoms with E-state index in [2.05, 4.69) is 55.4 Å². The van der Waals surface area contributed by atoms with Crippen molar-refractivity contribution in [2.24, 2.45) is 23.7 Å². The predicted molar refractivity (Wildman–Crippen MR) is 363 cm³/mol. The number of aliphatic hydroxyl groups excluding tert-OH is 1. The third-order valence-corrected chi connectivity index (χ3v) is 18.6. The van der Waals surface area contributed by atoms with Crippen molar-refractivity contribution >= 4 is 39.5 Å². The number of aliphatic hydroxyl groups is 1. The van der Waals surface area contributed by atoms with Gasteiger partial charge in [0.1, 0.15) is 19.3 Å². The lowest BCUT2D eigenvalue weighted by Gasteiger charge is -2.21. The van der Waals surface area contributed by atoms with Gasteiger partial charge in [-0.3, -0.25) is 37.3 Å². The molecule has 0 bridgehead atoms. The Morgan fingerprint density at radius 3 is 0.789 bits per heavy atom. The van der Waals surface area contributed by atoms with E-state index < -0.39 is 97.5 Å². The molecule has 0 rings (SSSR count). The van der Waals surface area contributed by atoms with Crippen LogP contribution in [0.5, 0.6) is 0 Å². The number of hydrogen-bond donors (Lipinski definition) is 3. The molecule has 0 fully saturated rings. The van der Waals surface area contributed by atoms with Crippen molar-refractivity contribution in [2.75, 3.05) is 39.6 Å². The Hall–Kier alpha value is -1.94. The van der Waals surface area contributed by atoms with Gasteiger partial charge in [0.2, 0.25) is 0 Å². The number of carbonyl (C=O) groups excluding carboxylic acids is 4. The zero-order chi connectivity index (χ0) is 66.8. The molecule has 0 spiro atoms. The molecule has 0 aromatic heterocycles. The Balaban J connectivity index is 5.22. The Labute approximate surface area is 549 Å². The van der Waals surface area contributed by atoms with Crippen LogP contribution in [0.15, 0.2) is 0 Å². The van der Waals surface area contributed by atoms with E-state index in [1.807, 2.05) is 0 Å². The van der Waals surface area contributed by atoms with Crippen molar-refractivity contribution < 1.29 is 80.2 Å². The van der Waals surface area contributed by atoms with Crippen LogP contribution < -0.4 is 0 Å². The molecule has 534 valence electrons. The maximum absolute atomic E-state index is 13.0. The van der Waals surface area contributed by atoms with Crippen molar-refractivity contribution in [3.05, 3.63) is 0 Å². The first-order chi connectivity index (χ1) is 43.1. The molecule has 0 saturated carbocycles. The van der Waals surface area contributed by atoms with Gasteiger partial charge >= 0.3 is 39.5 Å². The number of phosphoric acid groups is 2. The summed E-state index contributed by atoms with van der Waals surface area (Å²) in [7, 11) is -9.90. The van der Waals surface area contributed by atoms with Crippen LogP contribution in [0.2, 0.25) is 0 Å². The van der Waals surface area contributed by atoms with E-state index in [1.54, 1.807) is 0 Å². The van der Waals surface area contributed by atoms with Gasteiger partial charge in [-0.05, 0) is 49.4 Å². The van der Waals surface area contributed by atoms with E-state index in [9.17, 15) is 43.2 Å². The van der Waals surface area contributed by atoms with Crippen molar-refractivity contribution in [3.63, 3.8) is 0 Å². The number of phosphoric ester groups is 2. The number of rotatable bonds is 68. The van der Waals surface area contributed by atoms with Crippen LogP contribution in [0.25, 0.3) is 0 Å². The van der Waals surface area contributed by atoms with E-state index >= 15 is 0 Å². The predicted octanol–water partition coefficient (Wildman–Crippen LogP) is 20.1. The lowest BCUT2D eigenvalue weighted by molar-refractivity contribution is -0.161. The second kappa shape index (κ2) is 60.7. The molecule has 0 aliphatic carbocycles. The first-order valence-electron chi connectivity index (χ1n) is 36.7. The van der Waals surface area contributed by atoms with Crippen LogP contribution in [0.4, 0.5) is 0 Å². The maximum atomic E-state index is 13.0. The SMILES string of the molecule is CCC(C)CCCCCCCCCCCCC(=O)O[C@H](COC(=O)CCCCCCCCCCCCCCCCC(C)C)COP(=O)(O)OCC(O)COP(=O)(O)OC[C@@H](COC(=O)CCCCCCCCCC(C)C)OC(=O)CCCCCCCCC(C)C. The fourth-order valence-corrected chi connectivity index (χ4v) is 12.2. The van der Waals surface area contributed by atoms with Gasteiger partial charge in [-0.25, -0.2) is 9.13 Å². The summed E-state index contributed by atoms with van der Waals surface area (Å²) in [5.74, 6) is 0.844. The highest BCUT2D eigenvalue weighted by atomic mass is 31.2. The smallest absolute Gasteiger partial charge is 0.462 e. The van der Waals surface area contributed by atoms with Crippen LogP contribution >= 0.6 is 15.6 Å². The standard InChI is InChI=1S/C71H138O17P2/c1-9-64(8)50-42-34-25-19-16-17-21-27-37-45-53-70(75)87-66(57-81-68(73)51-43-35-26-20-15-13-11-10-12-14-18-23-31-39-47-61(2)3)59-85-89(77,78)83-55-65(72)56-84-90(79,80)86-60-67(88-71(76)54-46-38-30-29-33-41-49-63(6)7)58-82-69(74)52-44-36-28-22-24-32-40-48-62(4)5/h61-67,72H,9-60H2,1-8H3,(H,77,78)(H,79,80)/t64?,65?,66-,67-/m1/s1. The van der Waals surface area contributed by atoms with Gasteiger partial charge in [0, 0.05) is 25.7 Å². The van der Waals surface area contributed by atoms with Crippen LogP contribution in [0, 0.1) is 23.7 Å². The van der Waals surface area contributed by atoms with Gasteiger partial charge in [-0.1, -0.05) is 299 Å². The Bertz CT molecular complexity index is 1780. The summed E-state index contributed by atoms with van der Waals surface area (Å²) in [5.41, 5.74) is 0. The number of carbonyl (C=O) groups is 4. The summed E-state index contributed by atoms with van der Waals surface area (Å²) < 4.78 is 68.3. The van der Waals surface area contributed by atoms with Crippen molar-refractivity contribution in [2.45, 2.75) is 369 Å². The lowest BCUT2D eigenvalue weighted by Crippen LogP contribution is -2.30. The molecule has 0 radical (unpaired) electrons. The van der Waals surface area contributed by atoms with Gasteiger partial charge in [0.25, 0.3) is 0 Å². The fourth-order valence-electron chi connectivity index (χ4n) is 10.6. The lowest BCUT2D eigenvalue weighted by atomic mass is 9.99. The average Bonchev–Trinajstić information content (AvgIpc) is 3.11. The highest BCUT2D eigenvalue weighted by Crippen LogP contribution is 2.45. The third-order valence-electron chi connectivity index (χ3n) is 16.7. The zero-order valence-corrected chi connectivity index (χ0v) is 60.6. The molecule has 0 aliphatic rings. The van der Waals surface area contributed by atoms with Crippen LogP contribution in [0.3, 0.4) is 0 Å².